The molecular formula is C16H25NO2. The van der Waals surface area contributed by atoms with Crippen molar-refractivity contribution in [1.82, 2.24) is 0 Å². The van der Waals surface area contributed by atoms with Crippen LogP contribution in [0.1, 0.15) is 40.9 Å². The maximum absolute atomic E-state index is 12.7. The first-order chi connectivity index (χ1) is 8.84. The van der Waals surface area contributed by atoms with E-state index in [4.69, 9.17) is 10.5 Å². The maximum Gasteiger partial charge on any atom is 0.168 e. The molecule has 1 atom stereocenters. The average Bonchev–Trinajstić information content (AvgIpc) is 2.34. The number of nitrogens with two attached hydrogens (primary N) is 1. The molecule has 1 rings (SSSR count). The van der Waals surface area contributed by atoms with Crippen LogP contribution in [0.3, 0.4) is 0 Å². The van der Waals surface area contributed by atoms with E-state index >= 15 is 0 Å². The Morgan fingerprint density at radius 3 is 2.26 bits per heavy atom. The molecule has 3 nitrogen and oxygen atoms in total. The zero-order valence-electron chi connectivity index (χ0n) is 12.8. The Bertz CT molecular complexity index is 478. The number of benzene rings is 1. The van der Waals surface area contributed by atoms with Gasteiger partial charge in [-0.1, -0.05) is 13.8 Å². The van der Waals surface area contributed by atoms with Crippen molar-refractivity contribution >= 4 is 5.78 Å². The third kappa shape index (κ3) is 2.98. The summed E-state index contributed by atoms with van der Waals surface area (Å²) in [5.41, 5.74) is 9.56. The van der Waals surface area contributed by atoms with Gasteiger partial charge in [0.25, 0.3) is 0 Å². The summed E-state index contributed by atoms with van der Waals surface area (Å²) in [6.07, 6.45) is 0. The molecule has 0 aromatic heterocycles. The second-order valence-electron chi connectivity index (χ2n) is 5.47. The Morgan fingerprint density at radius 1 is 1.26 bits per heavy atom. The fraction of sp³-hybridized carbons (Fsp3) is 0.562. The predicted molar refractivity (Wildman–Crippen MR) is 78.9 cm³/mol. The van der Waals surface area contributed by atoms with Gasteiger partial charge in [0.15, 0.2) is 5.78 Å². The highest BCUT2D eigenvalue weighted by Gasteiger charge is 2.26. The van der Waals surface area contributed by atoms with E-state index in [1.807, 2.05) is 40.7 Å². The van der Waals surface area contributed by atoms with Crippen molar-refractivity contribution in [2.75, 3.05) is 13.7 Å². The normalized spacial score (nSPS) is 12.6. The summed E-state index contributed by atoms with van der Waals surface area (Å²) in [5, 5.41) is 0. The molecule has 0 aliphatic heterocycles. The van der Waals surface area contributed by atoms with Gasteiger partial charge in [0.1, 0.15) is 5.75 Å². The molecule has 0 saturated carbocycles. The predicted octanol–water partition coefficient (Wildman–Crippen LogP) is 3.03. The molecule has 0 heterocycles. The van der Waals surface area contributed by atoms with Gasteiger partial charge in [0, 0.05) is 18.0 Å². The summed E-state index contributed by atoms with van der Waals surface area (Å²) in [6, 6.07) is 1.93. The van der Waals surface area contributed by atoms with E-state index in [-0.39, 0.29) is 17.6 Å². The molecule has 0 saturated heterocycles. The van der Waals surface area contributed by atoms with E-state index in [0.717, 1.165) is 28.0 Å². The number of rotatable bonds is 5. The molecule has 19 heavy (non-hydrogen) atoms. The van der Waals surface area contributed by atoms with Gasteiger partial charge in [0.2, 0.25) is 0 Å². The van der Waals surface area contributed by atoms with Crippen molar-refractivity contribution in [1.29, 1.82) is 0 Å². The largest absolute Gasteiger partial charge is 0.496 e. The van der Waals surface area contributed by atoms with Crippen molar-refractivity contribution in [3.8, 4) is 5.75 Å². The first-order valence-corrected chi connectivity index (χ1v) is 6.74. The number of hydrogen-bond acceptors (Lipinski definition) is 3. The summed E-state index contributed by atoms with van der Waals surface area (Å²) in [5.74, 6) is 1.11. The van der Waals surface area contributed by atoms with Crippen LogP contribution in [0.5, 0.6) is 5.75 Å². The van der Waals surface area contributed by atoms with Gasteiger partial charge < -0.3 is 10.5 Å². The molecule has 0 aliphatic carbocycles. The zero-order valence-corrected chi connectivity index (χ0v) is 12.8. The van der Waals surface area contributed by atoms with Crippen LogP contribution in [0.2, 0.25) is 0 Å². The Kier molecular flexibility index (Phi) is 5.12. The average molecular weight is 263 g/mol. The molecule has 0 radical (unpaired) electrons. The number of Topliss-reactive ketones (excluding diaryl/α,β-unsaturated/α-hetero) is 1. The highest BCUT2D eigenvalue weighted by Crippen LogP contribution is 2.30. The lowest BCUT2D eigenvalue weighted by Crippen LogP contribution is -2.29. The molecule has 1 aromatic rings. The smallest absolute Gasteiger partial charge is 0.168 e. The van der Waals surface area contributed by atoms with Gasteiger partial charge in [0.05, 0.1) is 7.11 Å². The number of ketones is 1. The molecule has 1 aromatic carbocycles. The van der Waals surface area contributed by atoms with Crippen LogP contribution in [0, 0.1) is 32.6 Å². The lowest BCUT2D eigenvalue weighted by Gasteiger charge is -2.21. The summed E-state index contributed by atoms with van der Waals surface area (Å²) >= 11 is 0. The molecule has 106 valence electrons. The van der Waals surface area contributed by atoms with Crippen molar-refractivity contribution < 1.29 is 9.53 Å². The van der Waals surface area contributed by atoms with Gasteiger partial charge in [-0.3, -0.25) is 4.79 Å². The van der Waals surface area contributed by atoms with Gasteiger partial charge in [-0.15, -0.1) is 0 Å². The molecule has 0 bridgehead atoms. The summed E-state index contributed by atoms with van der Waals surface area (Å²) in [6.45, 7) is 10.4. The summed E-state index contributed by atoms with van der Waals surface area (Å²) < 4.78 is 5.34. The van der Waals surface area contributed by atoms with Crippen molar-refractivity contribution in [2.24, 2.45) is 17.6 Å². The van der Waals surface area contributed by atoms with Crippen LogP contribution in [-0.4, -0.2) is 19.4 Å². The molecule has 0 fully saturated rings. The number of methoxy groups -OCH3 is 1. The molecular weight excluding hydrogens is 238 g/mol. The minimum Gasteiger partial charge on any atom is -0.496 e. The number of aryl methyl sites for hydroxylation is 1. The fourth-order valence-corrected chi connectivity index (χ4v) is 2.50. The van der Waals surface area contributed by atoms with Gasteiger partial charge >= 0.3 is 0 Å². The lowest BCUT2D eigenvalue weighted by molar-refractivity contribution is 0.0890. The standard InChI is InChI=1S/C16H25NO2/c1-9(2)13(8-17)16(18)15-10(3)7-14(19-6)11(4)12(15)5/h7,9,13H,8,17H2,1-6H3. The topological polar surface area (TPSA) is 52.3 Å². The van der Waals surface area contributed by atoms with E-state index in [9.17, 15) is 4.79 Å². The number of hydrogen-bond donors (Lipinski definition) is 1. The molecule has 0 amide bonds. The molecule has 3 heteroatoms. The number of ether oxygens (including phenoxy) is 1. The fourth-order valence-electron chi connectivity index (χ4n) is 2.50. The van der Waals surface area contributed by atoms with Crippen LogP contribution < -0.4 is 10.5 Å². The van der Waals surface area contributed by atoms with Crippen molar-refractivity contribution in [2.45, 2.75) is 34.6 Å². The van der Waals surface area contributed by atoms with Crippen LogP contribution in [0.4, 0.5) is 0 Å². The Hall–Kier alpha value is -1.35. The lowest BCUT2D eigenvalue weighted by atomic mass is 9.83. The second kappa shape index (κ2) is 6.20. The van der Waals surface area contributed by atoms with Gasteiger partial charge in [-0.05, 0) is 49.4 Å². The van der Waals surface area contributed by atoms with Gasteiger partial charge in [-0.25, -0.2) is 0 Å². The first-order valence-electron chi connectivity index (χ1n) is 6.74. The van der Waals surface area contributed by atoms with Crippen molar-refractivity contribution in [3.05, 3.63) is 28.3 Å². The quantitative estimate of drug-likeness (QED) is 0.831. The van der Waals surface area contributed by atoms with Crippen LogP contribution >= 0.6 is 0 Å². The summed E-state index contributed by atoms with van der Waals surface area (Å²) in [7, 11) is 1.65. The number of carbonyl (C=O) groups excluding carboxylic acids is 1. The highest BCUT2D eigenvalue weighted by molar-refractivity contribution is 6.01. The minimum atomic E-state index is -0.120. The van der Waals surface area contributed by atoms with E-state index in [2.05, 4.69) is 0 Å². The molecule has 2 N–H and O–H groups in total. The zero-order chi connectivity index (χ0) is 14.7. The van der Waals surface area contributed by atoms with E-state index < -0.39 is 0 Å². The third-order valence-electron chi connectivity index (χ3n) is 3.91. The van der Waals surface area contributed by atoms with Gasteiger partial charge in [-0.2, -0.15) is 0 Å². The SMILES string of the molecule is COc1cc(C)c(C(=O)C(CN)C(C)C)c(C)c1C. The Labute approximate surface area is 116 Å². The Morgan fingerprint density at radius 2 is 1.84 bits per heavy atom. The molecule has 0 spiro atoms. The van der Waals surface area contributed by atoms with Crippen LogP contribution in [0.15, 0.2) is 6.07 Å². The monoisotopic (exact) mass is 263 g/mol. The highest BCUT2D eigenvalue weighted by atomic mass is 16.5. The van der Waals surface area contributed by atoms with Crippen LogP contribution in [0.25, 0.3) is 0 Å². The van der Waals surface area contributed by atoms with E-state index in [1.54, 1.807) is 7.11 Å². The van der Waals surface area contributed by atoms with Crippen LogP contribution in [-0.2, 0) is 0 Å². The summed E-state index contributed by atoms with van der Waals surface area (Å²) in [4.78, 5) is 12.7. The Balaban J connectivity index is 3.35. The maximum atomic E-state index is 12.7. The van der Waals surface area contributed by atoms with E-state index in [1.165, 1.54) is 0 Å². The van der Waals surface area contributed by atoms with Crippen molar-refractivity contribution in [3.63, 3.8) is 0 Å². The minimum absolute atomic E-state index is 0.120. The molecule has 0 aliphatic rings. The second-order valence-corrected chi connectivity index (χ2v) is 5.47. The third-order valence-corrected chi connectivity index (χ3v) is 3.91. The first kappa shape index (κ1) is 15.7. The number of carbonyl (C=O) groups is 1. The molecule has 1 unspecified atom stereocenters. The van der Waals surface area contributed by atoms with E-state index in [0.29, 0.717) is 6.54 Å².